The monoisotopic (exact) mass is 347 g/mol. The topological polar surface area (TPSA) is 56.1 Å². The van der Waals surface area contributed by atoms with E-state index in [2.05, 4.69) is 24.3 Å². The van der Waals surface area contributed by atoms with Gasteiger partial charge in [-0.2, -0.15) is 5.10 Å². The minimum atomic E-state index is -0.229. The van der Waals surface area contributed by atoms with Crippen molar-refractivity contribution in [3.63, 3.8) is 0 Å². The van der Waals surface area contributed by atoms with Gasteiger partial charge in [0.05, 0.1) is 12.8 Å². The van der Waals surface area contributed by atoms with Gasteiger partial charge in [-0.3, -0.25) is 9.48 Å². The van der Waals surface area contributed by atoms with Crippen LogP contribution in [-0.2, 0) is 11.3 Å². The molecule has 0 saturated carbocycles. The molecule has 0 spiro atoms. The minimum absolute atomic E-state index is 0.229. The third-order valence-corrected chi connectivity index (χ3v) is 3.81. The van der Waals surface area contributed by atoms with Gasteiger partial charge in [-0.1, -0.05) is 25.4 Å². The highest BCUT2D eigenvalue weighted by atomic mass is 35.5. The second kappa shape index (κ2) is 8.02. The Hall–Kier alpha value is -2.27. The summed E-state index contributed by atoms with van der Waals surface area (Å²) in [5.74, 6) is 0.952. The molecule has 1 heterocycles. The number of carbonyl (C=O) groups is 1. The summed E-state index contributed by atoms with van der Waals surface area (Å²) in [5, 5.41) is 7.76. The van der Waals surface area contributed by atoms with Crippen molar-refractivity contribution in [3.05, 3.63) is 46.8 Å². The lowest BCUT2D eigenvalue weighted by atomic mass is 10.2. The van der Waals surface area contributed by atoms with Crippen LogP contribution in [-0.4, -0.2) is 22.8 Å². The van der Waals surface area contributed by atoms with Crippen LogP contribution < -0.4 is 10.1 Å². The smallest absolute Gasteiger partial charge is 0.248 e. The fourth-order valence-electron chi connectivity index (χ4n) is 2.24. The number of carbonyl (C=O) groups excluding carboxylic acids is 1. The van der Waals surface area contributed by atoms with Crippen molar-refractivity contribution in [3.8, 4) is 5.75 Å². The second-order valence-electron chi connectivity index (χ2n) is 5.92. The number of rotatable bonds is 6. The quantitative estimate of drug-likeness (QED) is 0.798. The molecule has 6 heteroatoms. The van der Waals surface area contributed by atoms with Gasteiger partial charge in [0.25, 0.3) is 0 Å². The first-order valence-corrected chi connectivity index (χ1v) is 8.14. The number of anilines is 1. The zero-order chi connectivity index (χ0) is 17.7. The standard InChI is InChI=1S/C18H22ClN3O2/c1-12(2)11-22-18(19)16(13(3)21-22)9-10-17(23)20-14-5-7-15(24-4)8-6-14/h5-10,12H,11H2,1-4H3,(H,20,23)/b10-9+. The molecular weight excluding hydrogens is 326 g/mol. The van der Waals surface area contributed by atoms with Crippen LogP contribution in [0.2, 0.25) is 5.15 Å². The summed E-state index contributed by atoms with van der Waals surface area (Å²) < 4.78 is 6.85. The molecule has 0 saturated heterocycles. The van der Waals surface area contributed by atoms with Crippen molar-refractivity contribution in [2.45, 2.75) is 27.3 Å². The molecule has 0 bridgehead atoms. The van der Waals surface area contributed by atoms with E-state index in [9.17, 15) is 4.79 Å². The van der Waals surface area contributed by atoms with Crippen LogP contribution in [0.3, 0.4) is 0 Å². The molecular formula is C18H22ClN3O2. The predicted octanol–water partition coefficient (Wildman–Crippen LogP) is 4.16. The third kappa shape index (κ3) is 4.61. The summed E-state index contributed by atoms with van der Waals surface area (Å²) in [6.45, 7) is 6.83. The maximum atomic E-state index is 12.0. The molecule has 128 valence electrons. The normalized spacial score (nSPS) is 11.2. The number of halogens is 1. The van der Waals surface area contributed by atoms with E-state index in [1.165, 1.54) is 6.08 Å². The van der Waals surface area contributed by atoms with Crippen LogP contribution in [0, 0.1) is 12.8 Å². The van der Waals surface area contributed by atoms with Crippen LogP contribution in [0.4, 0.5) is 5.69 Å². The zero-order valence-corrected chi connectivity index (χ0v) is 15.1. The third-order valence-electron chi connectivity index (χ3n) is 3.41. The first-order valence-electron chi connectivity index (χ1n) is 7.76. The van der Waals surface area contributed by atoms with Crippen molar-refractivity contribution in [1.82, 2.24) is 9.78 Å². The number of hydrogen-bond donors (Lipinski definition) is 1. The molecule has 1 N–H and O–H groups in total. The minimum Gasteiger partial charge on any atom is -0.497 e. The molecule has 2 rings (SSSR count). The Bertz CT molecular complexity index is 733. The van der Waals surface area contributed by atoms with E-state index in [1.54, 1.807) is 42.1 Å². The van der Waals surface area contributed by atoms with Crippen molar-refractivity contribution in [1.29, 1.82) is 0 Å². The summed E-state index contributed by atoms with van der Waals surface area (Å²) in [4.78, 5) is 12.0. The Morgan fingerprint density at radius 1 is 1.38 bits per heavy atom. The first kappa shape index (κ1) is 18.1. The molecule has 0 aliphatic heterocycles. The lowest BCUT2D eigenvalue weighted by Gasteiger charge is -2.05. The van der Waals surface area contributed by atoms with E-state index in [0.29, 0.717) is 16.8 Å². The van der Waals surface area contributed by atoms with E-state index in [1.807, 2.05) is 6.92 Å². The molecule has 0 fully saturated rings. The van der Waals surface area contributed by atoms with Crippen molar-refractivity contribution in [2.24, 2.45) is 5.92 Å². The number of ether oxygens (including phenoxy) is 1. The van der Waals surface area contributed by atoms with Crippen molar-refractivity contribution < 1.29 is 9.53 Å². The van der Waals surface area contributed by atoms with Gasteiger partial charge in [0.15, 0.2) is 0 Å². The van der Waals surface area contributed by atoms with Crippen molar-refractivity contribution in [2.75, 3.05) is 12.4 Å². The number of nitrogens with zero attached hydrogens (tertiary/aromatic N) is 2. The SMILES string of the molecule is COc1ccc(NC(=O)/C=C/c2c(C)nn(CC(C)C)c2Cl)cc1. The van der Waals surface area contributed by atoms with Gasteiger partial charge in [-0.25, -0.2) is 0 Å². The predicted molar refractivity (Wildman–Crippen MR) is 97.5 cm³/mol. The van der Waals surface area contributed by atoms with E-state index in [0.717, 1.165) is 23.6 Å². The second-order valence-corrected chi connectivity index (χ2v) is 6.27. The van der Waals surface area contributed by atoms with Gasteiger partial charge in [-0.05, 0) is 43.2 Å². The van der Waals surface area contributed by atoms with Crippen LogP contribution in [0.5, 0.6) is 5.75 Å². The van der Waals surface area contributed by atoms with E-state index >= 15 is 0 Å². The summed E-state index contributed by atoms with van der Waals surface area (Å²) in [6, 6.07) is 7.14. The lowest BCUT2D eigenvalue weighted by molar-refractivity contribution is -0.111. The van der Waals surface area contributed by atoms with Gasteiger partial charge in [-0.15, -0.1) is 0 Å². The van der Waals surface area contributed by atoms with Gasteiger partial charge < -0.3 is 10.1 Å². The highest BCUT2D eigenvalue weighted by molar-refractivity contribution is 6.31. The number of methoxy groups -OCH3 is 1. The molecule has 0 unspecified atom stereocenters. The van der Waals surface area contributed by atoms with Crippen molar-refractivity contribution >= 4 is 29.3 Å². The Morgan fingerprint density at radius 3 is 2.62 bits per heavy atom. The largest absolute Gasteiger partial charge is 0.497 e. The molecule has 24 heavy (non-hydrogen) atoms. The van der Waals surface area contributed by atoms with Gasteiger partial charge in [0.2, 0.25) is 5.91 Å². The number of amides is 1. The molecule has 2 aromatic rings. The molecule has 5 nitrogen and oxygen atoms in total. The Morgan fingerprint density at radius 2 is 2.04 bits per heavy atom. The number of hydrogen-bond acceptors (Lipinski definition) is 3. The fourth-order valence-corrected chi connectivity index (χ4v) is 2.55. The highest BCUT2D eigenvalue weighted by Gasteiger charge is 2.12. The molecule has 1 amide bonds. The summed E-state index contributed by atoms with van der Waals surface area (Å²) >= 11 is 6.35. The fraction of sp³-hybridized carbons (Fsp3) is 0.333. The average molecular weight is 348 g/mol. The zero-order valence-electron chi connectivity index (χ0n) is 14.3. The molecule has 0 aliphatic rings. The number of aryl methyl sites for hydroxylation is 1. The number of aromatic nitrogens is 2. The summed E-state index contributed by atoms with van der Waals surface area (Å²) in [5.41, 5.74) is 2.26. The Kier molecular flexibility index (Phi) is 6.04. The Balaban J connectivity index is 2.06. The lowest BCUT2D eigenvalue weighted by Crippen LogP contribution is -2.07. The first-order chi connectivity index (χ1) is 11.4. The van der Waals surface area contributed by atoms with Crippen LogP contribution in [0.25, 0.3) is 6.08 Å². The molecule has 0 atom stereocenters. The van der Waals surface area contributed by atoms with Gasteiger partial charge in [0.1, 0.15) is 10.9 Å². The number of nitrogens with one attached hydrogen (secondary N) is 1. The summed E-state index contributed by atoms with van der Waals surface area (Å²) in [6.07, 6.45) is 3.15. The van der Waals surface area contributed by atoms with Gasteiger partial charge >= 0.3 is 0 Å². The molecule has 1 aromatic heterocycles. The Labute approximate surface area is 147 Å². The maximum absolute atomic E-state index is 12.0. The summed E-state index contributed by atoms with van der Waals surface area (Å²) in [7, 11) is 1.60. The van der Waals surface area contributed by atoms with Crippen LogP contribution >= 0.6 is 11.6 Å². The molecule has 0 radical (unpaired) electrons. The van der Waals surface area contributed by atoms with E-state index in [-0.39, 0.29) is 5.91 Å². The van der Waals surface area contributed by atoms with E-state index < -0.39 is 0 Å². The van der Waals surface area contributed by atoms with Gasteiger partial charge in [0, 0.05) is 23.9 Å². The molecule has 0 aliphatic carbocycles. The molecule has 1 aromatic carbocycles. The average Bonchev–Trinajstić information content (AvgIpc) is 2.79. The highest BCUT2D eigenvalue weighted by Crippen LogP contribution is 2.22. The number of benzene rings is 1. The van der Waals surface area contributed by atoms with Crippen LogP contribution in [0.1, 0.15) is 25.1 Å². The van der Waals surface area contributed by atoms with Crippen LogP contribution in [0.15, 0.2) is 30.3 Å². The van der Waals surface area contributed by atoms with E-state index in [4.69, 9.17) is 16.3 Å². The maximum Gasteiger partial charge on any atom is 0.248 e.